The fourth-order valence-electron chi connectivity index (χ4n) is 2.27. The van der Waals surface area contributed by atoms with Gasteiger partial charge in [-0.25, -0.2) is 0 Å². The lowest BCUT2D eigenvalue weighted by Gasteiger charge is -2.13. The van der Waals surface area contributed by atoms with Gasteiger partial charge in [0.1, 0.15) is 0 Å². The van der Waals surface area contributed by atoms with Crippen LogP contribution in [-0.4, -0.2) is 24.3 Å². The van der Waals surface area contributed by atoms with Crippen LogP contribution in [0.2, 0.25) is 0 Å². The second-order valence-electron chi connectivity index (χ2n) is 5.20. The Hall–Kier alpha value is -2.75. The summed E-state index contributed by atoms with van der Waals surface area (Å²) in [6, 6.07) is 14.1. The Kier molecular flexibility index (Phi) is 3.36. The number of para-hydroxylation sites is 1. The molecule has 0 fully saturated rings. The second-order valence-corrected chi connectivity index (χ2v) is 5.20. The van der Waals surface area contributed by atoms with Crippen molar-refractivity contribution < 1.29 is 0 Å². The van der Waals surface area contributed by atoms with Crippen molar-refractivity contribution in [1.82, 2.24) is 10.2 Å². The van der Waals surface area contributed by atoms with Crippen LogP contribution in [0.25, 0.3) is 23.1 Å². The third kappa shape index (κ3) is 2.60. The van der Waals surface area contributed by atoms with Gasteiger partial charge in [-0.3, -0.25) is 5.10 Å². The molecule has 0 aliphatic carbocycles. The molecule has 1 aromatic heterocycles. The average Bonchev–Trinajstić information content (AvgIpc) is 2.89. The topological polar surface area (TPSA) is 57.9 Å². The van der Waals surface area contributed by atoms with Crippen LogP contribution in [0.4, 0.5) is 11.4 Å². The zero-order chi connectivity index (χ0) is 14.8. The molecule has 0 bridgehead atoms. The number of nitrogen functional groups attached to an aromatic ring is 1. The van der Waals surface area contributed by atoms with Crippen molar-refractivity contribution in [3.8, 4) is 0 Å². The summed E-state index contributed by atoms with van der Waals surface area (Å²) in [6.45, 7) is 0. The molecule has 0 aliphatic rings. The van der Waals surface area contributed by atoms with E-state index in [1.807, 2.05) is 61.5 Å². The van der Waals surface area contributed by atoms with Gasteiger partial charge in [-0.15, -0.1) is 0 Å². The molecule has 106 valence electrons. The number of nitrogens with zero attached hydrogens (tertiary/aromatic N) is 2. The molecule has 0 amide bonds. The zero-order valence-corrected chi connectivity index (χ0v) is 12.2. The van der Waals surface area contributed by atoms with Gasteiger partial charge < -0.3 is 10.6 Å². The summed E-state index contributed by atoms with van der Waals surface area (Å²) in [7, 11) is 4.00. The highest BCUT2D eigenvalue weighted by atomic mass is 15.1. The molecule has 2 aromatic carbocycles. The van der Waals surface area contributed by atoms with E-state index in [-0.39, 0.29) is 0 Å². The summed E-state index contributed by atoms with van der Waals surface area (Å²) < 4.78 is 0. The monoisotopic (exact) mass is 278 g/mol. The van der Waals surface area contributed by atoms with Gasteiger partial charge in [-0.05, 0) is 29.8 Å². The normalized spacial score (nSPS) is 11.3. The number of nitrogens with one attached hydrogen (secondary N) is 1. The maximum absolute atomic E-state index is 6.11. The van der Waals surface area contributed by atoms with E-state index in [1.54, 1.807) is 0 Å². The van der Waals surface area contributed by atoms with E-state index in [0.717, 1.165) is 33.5 Å². The minimum absolute atomic E-state index is 0.761. The van der Waals surface area contributed by atoms with E-state index in [0.29, 0.717) is 0 Å². The molecule has 4 heteroatoms. The summed E-state index contributed by atoms with van der Waals surface area (Å²) >= 11 is 0. The van der Waals surface area contributed by atoms with Crippen LogP contribution < -0.4 is 10.6 Å². The maximum atomic E-state index is 6.11. The molecule has 1 heterocycles. The Morgan fingerprint density at radius 1 is 1.10 bits per heavy atom. The summed E-state index contributed by atoms with van der Waals surface area (Å²) in [5, 5.41) is 8.46. The molecule has 3 aromatic rings. The third-order valence-corrected chi connectivity index (χ3v) is 3.51. The Morgan fingerprint density at radius 3 is 2.67 bits per heavy atom. The van der Waals surface area contributed by atoms with E-state index in [2.05, 4.69) is 22.3 Å². The van der Waals surface area contributed by atoms with E-state index in [1.165, 1.54) is 0 Å². The summed E-state index contributed by atoms with van der Waals surface area (Å²) in [6.07, 6.45) is 3.98. The van der Waals surface area contributed by atoms with Gasteiger partial charge in [-0.2, -0.15) is 5.10 Å². The molecule has 0 aliphatic heterocycles. The number of hydrogen-bond donors (Lipinski definition) is 2. The highest BCUT2D eigenvalue weighted by Crippen LogP contribution is 2.23. The SMILES string of the molecule is CN(C)c1ccc(/C=C/c2n[nH]c3ccccc23)c(N)c1. The Labute approximate surface area is 123 Å². The van der Waals surface area contributed by atoms with Crippen molar-refractivity contribution in [3.63, 3.8) is 0 Å². The minimum Gasteiger partial charge on any atom is -0.398 e. The van der Waals surface area contributed by atoms with Crippen LogP contribution in [0, 0.1) is 0 Å². The zero-order valence-electron chi connectivity index (χ0n) is 12.2. The van der Waals surface area contributed by atoms with Gasteiger partial charge in [0.05, 0.1) is 11.2 Å². The summed E-state index contributed by atoms with van der Waals surface area (Å²) in [4.78, 5) is 2.03. The lowest BCUT2D eigenvalue weighted by atomic mass is 10.1. The van der Waals surface area contributed by atoms with Crippen molar-refractivity contribution >= 4 is 34.4 Å². The van der Waals surface area contributed by atoms with Gasteiger partial charge in [0, 0.05) is 30.9 Å². The van der Waals surface area contributed by atoms with Gasteiger partial charge >= 0.3 is 0 Å². The first-order chi connectivity index (χ1) is 10.1. The molecule has 4 nitrogen and oxygen atoms in total. The fraction of sp³-hybridized carbons (Fsp3) is 0.118. The minimum atomic E-state index is 0.761. The van der Waals surface area contributed by atoms with Gasteiger partial charge in [0.15, 0.2) is 0 Å². The maximum Gasteiger partial charge on any atom is 0.0927 e. The number of anilines is 2. The predicted octanol–water partition coefficient (Wildman–Crippen LogP) is 3.38. The van der Waals surface area contributed by atoms with Crippen molar-refractivity contribution in [2.24, 2.45) is 0 Å². The van der Waals surface area contributed by atoms with Gasteiger partial charge in [0.2, 0.25) is 0 Å². The predicted molar refractivity (Wildman–Crippen MR) is 90.2 cm³/mol. The number of nitrogens with two attached hydrogens (primary N) is 1. The molecular weight excluding hydrogens is 260 g/mol. The van der Waals surface area contributed by atoms with Crippen molar-refractivity contribution in [1.29, 1.82) is 0 Å². The first kappa shape index (κ1) is 13.2. The molecule has 21 heavy (non-hydrogen) atoms. The average molecular weight is 278 g/mol. The second kappa shape index (κ2) is 5.32. The Morgan fingerprint density at radius 2 is 1.90 bits per heavy atom. The molecular formula is C17H18N4. The number of H-pyrrole nitrogens is 1. The van der Waals surface area contributed by atoms with E-state index >= 15 is 0 Å². The van der Waals surface area contributed by atoms with E-state index < -0.39 is 0 Å². The molecule has 0 unspecified atom stereocenters. The van der Waals surface area contributed by atoms with Crippen LogP contribution in [0.15, 0.2) is 42.5 Å². The smallest absolute Gasteiger partial charge is 0.0927 e. The van der Waals surface area contributed by atoms with Crippen LogP contribution in [0.5, 0.6) is 0 Å². The fourth-order valence-corrected chi connectivity index (χ4v) is 2.27. The largest absolute Gasteiger partial charge is 0.398 e. The number of hydrogen-bond acceptors (Lipinski definition) is 3. The summed E-state index contributed by atoms with van der Waals surface area (Å²) in [5.74, 6) is 0. The van der Waals surface area contributed by atoms with E-state index in [4.69, 9.17) is 5.73 Å². The quantitative estimate of drug-likeness (QED) is 0.722. The van der Waals surface area contributed by atoms with Crippen LogP contribution in [-0.2, 0) is 0 Å². The van der Waals surface area contributed by atoms with E-state index in [9.17, 15) is 0 Å². The number of aromatic amines is 1. The lowest BCUT2D eigenvalue weighted by Crippen LogP contribution is -2.08. The summed E-state index contributed by atoms with van der Waals surface area (Å²) in [5.41, 5.74) is 10.9. The number of aromatic nitrogens is 2. The highest BCUT2D eigenvalue weighted by Gasteiger charge is 2.03. The molecule has 3 rings (SSSR count). The molecule has 0 saturated carbocycles. The molecule has 0 atom stereocenters. The lowest BCUT2D eigenvalue weighted by molar-refractivity contribution is 1.11. The van der Waals surface area contributed by atoms with Crippen molar-refractivity contribution in [3.05, 3.63) is 53.7 Å². The van der Waals surface area contributed by atoms with Crippen molar-refractivity contribution in [2.75, 3.05) is 24.7 Å². The number of fused-ring (bicyclic) bond motifs is 1. The van der Waals surface area contributed by atoms with Crippen LogP contribution in [0.1, 0.15) is 11.3 Å². The number of benzene rings is 2. The Balaban J connectivity index is 1.92. The molecule has 0 saturated heterocycles. The number of rotatable bonds is 3. The third-order valence-electron chi connectivity index (χ3n) is 3.51. The van der Waals surface area contributed by atoms with Gasteiger partial charge in [0.25, 0.3) is 0 Å². The Bertz CT molecular complexity index is 799. The van der Waals surface area contributed by atoms with Gasteiger partial charge in [-0.1, -0.05) is 30.3 Å². The molecule has 3 N–H and O–H groups in total. The first-order valence-electron chi connectivity index (χ1n) is 6.83. The highest BCUT2D eigenvalue weighted by molar-refractivity contribution is 5.90. The first-order valence-corrected chi connectivity index (χ1v) is 6.83. The standard InChI is InChI=1S/C17H18N4/c1-21(2)13-9-7-12(15(18)11-13)8-10-17-14-5-3-4-6-16(14)19-20-17/h3-11H,18H2,1-2H3,(H,19,20)/b10-8+. The molecule has 0 spiro atoms. The van der Waals surface area contributed by atoms with Crippen LogP contribution in [0.3, 0.4) is 0 Å². The molecule has 0 radical (unpaired) electrons. The van der Waals surface area contributed by atoms with Crippen molar-refractivity contribution in [2.45, 2.75) is 0 Å². The van der Waals surface area contributed by atoms with Crippen LogP contribution >= 0.6 is 0 Å².